The van der Waals surface area contributed by atoms with Gasteiger partial charge in [0.05, 0.1) is 0 Å². The summed E-state index contributed by atoms with van der Waals surface area (Å²) in [6.45, 7) is 1.73. The first-order valence-corrected chi connectivity index (χ1v) is 5.02. The van der Waals surface area contributed by atoms with E-state index < -0.39 is 0 Å². The van der Waals surface area contributed by atoms with E-state index in [1.165, 1.54) is 17.4 Å². The summed E-state index contributed by atoms with van der Waals surface area (Å²) < 4.78 is 13.2. The number of hydrogen-bond acceptors (Lipinski definition) is 3. The number of anilines is 1. The topological polar surface area (TPSA) is 38.9 Å². The Balaban J connectivity index is 2.47. The van der Waals surface area contributed by atoms with E-state index >= 15 is 0 Å². The number of benzene rings is 1. The molecule has 0 fully saturated rings. The molecule has 2 aromatic rings. The van der Waals surface area contributed by atoms with Crippen LogP contribution in [0.1, 0.15) is 5.56 Å². The summed E-state index contributed by atoms with van der Waals surface area (Å²) >= 11 is 1.41. The first-order valence-electron chi connectivity index (χ1n) is 4.14. The number of nitrogens with zero attached hydrogens (tertiary/aromatic N) is 1. The van der Waals surface area contributed by atoms with Crippen molar-refractivity contribution < 1.29 is 4.39 Å². The molecule has 0 unspecified atom stereocenters. The highest BCUT2D eigenvalue weighted by atomic mass is 32.1. The van der Waals surface area contributed by atoms with Gasteiger partial charge in [-0.2, -0.15) is 0 Å². The number of hydrogen-bond donors (Lipinski definition) is 1. The summed E-state index contributed by atoms with van der Waals surface area (Å²) in [7, 11) is 0. The van der Waals surface area contributed by atoms with Gasteiger partial charge in [0.15, 0.2) is 0 Å². The minimum absolute atomic E-state index is 0.212. The molecule has 0 saturated carbocycles. The smallest absolute Gasteiger partial charge is 0.135 e. The second-order valence-corrected chi connectivity index (χ2v) is 3.90. The summed E-state index contributed by atoms with van der Waals surface area (Å²) in [5, 5.41) is 2.49. The molecular formula is C10H9FN2S. The molecule has 0 atom stereocenters. The minimum Gasteiger partial charge on any atom is -0.383 e. The summed E-state index contributed by atoms with van der Waals surface area (Å²) in [6.07, 6.45) is 0. The number of aryl methyl sites for hydroxylation is 1. The fourth-order valence-corrected chi connectivity index (χ4v) is 1.85. The number of aromatic nitrogens is 1. The molecular weight excluding hydrogens is 199 g/mol. The predicted molar refractivity (Wildman–Crippen MR) is 56.7 cm³/mol. The summed E-state index contributed by atoms with van der Waals surface area (Å²) in [6, 6.07) is 5.06. The number of nitrogens with two attached hydrogens (primary N) is 1. The van der Waals surface area contributed by atoms with Gasteiger partial charge in [-0.05, 0) is 18.6 Å². The Hall–Kier alpha value is -1.42. The zero-order valence-electron chi connectivity index (χ0n) is 7.62. The third-order valence-corrected chi connectivity index (χ3v) is 2.85. The number of thiazole rings is 1. The van der Waals surface area contributed by atoms with E-state index in [4.69, 9.17) is 5.73 Å². The molecule has 14 heavy (non-hydrogen) atoms. The SMILES string of the molecule is Cc1ccc(-c2nc(N)cs2)cc1F. The molecule has 0 spiro atoms. The quantitative estimate of drug-likeness (QED) is 0.782. The Morgan fingerprint density at radius 2 is 2.21 bits per heavy atom. The van der Waals surface area contributed by atoms with Crippen molar-refractivity contribution in [1.82, 2.24) is 4.98 Å². The van der Waals surface area contributed by atoms with Crippen LogP contribution in [0, 0.1) is 12.7 Å². The Kier molecular flexibility index (Phi) is 2.21. The van der Waals surface area contributed by atoms with E-state index in [1.807, 2.05) is 6.07 Å². The largest absolute Gasteiger partial charge is 0.383 e. The molecule has 0 aliphatic heterocycles. The van der Waals surface area contributed by atoms with Crippen molar-refractivity contribution in [2.24, 2.45) is 0 Å². The molecule has 1 aromatic carbocycles. The zero-order valence-corrected chi connectivity index (χ0v) is 8.44. The van der Waals surface area contributed by atoms with E-state index in [-0.39, 0.29) is 5.82 Å². The third-order valence-electron chi connectivity index (χ3n) is 1.94. The average Bonchev–Trinajstić information content (AvgIpc) is 2.57. The molecule has 1 heterocycles. The predicted octanol–water partition coefficient (Wildman–Crippen LogP) is 2.84. The van der Waals surface area contributed by atoms with Crippen molar-refractivity contribution in [2.75, 3.05) is 5.73 Å². The van der Waals surface area contributed by atoms with Crippen molar-refractivity contribution in [3.05, 3.63) is 35.0 Å². The zero-order chi connectivity index (χ0) is 10.1. The van der Waals surface area contributed by atoms with Gasteiger partial charge in [-0.15, -0.1) is 11.3 Å². The Morgan fingerprint density at radius 3 is 2.79 bits per heavy atom. The first kappa shape index (κ1) is 9.15. The highest BCUT2D eigenvalue weighted by molar-refractivity contribution is 7.13. The lowest BCUT2D eigenvalue weighted by molar-refractivity contribution is 0.619. The minimum atomic E-state index is -0.212. The van der Waals surface area contributed by atoms with Gasteiger partial charge < -0.3 is 5.73 Å². The van der Waals surface area contributed by atoms with Crippen molar-refractivity contribution in [3.63, 3.8) is 0 Å². The van der Waals surface area contributed by atoms with Crippen LogP contribution in [0.15, 0.2) is 23.6 Å². The molecule has 0 saturated heterocycles. The highest BCUT2D eigenvalue weighted by Crippen LogP contribution is 2.25. The van der Waals surface area contributed by atoms with Crippen LogP contribution in [0.2, 0.25) is 0 Å². The Labute approximate surface area is 85.2 Å². The molecule has 2 rings (SSSR count). The van der Waals surface area contributed by atoms with Gasteiger partial charge in [-0.25, -0.2) is 9.37 Å². The lowest BCUT2D eigenvalue weighted by atomic mass is 10.1. The first-order chi connectivity index (χ1) is 6.66. The van der Waals surface area contributed by atoms with E-state index in [0.717, 1.165) is 10.6 Å². The maximum Gasteiger partial charge on any atom is 0.135 e. The van der Waals surface area contributed by atoms with Crippen molar-refractivity contribution in [2.45, 2.75) is 6.92 Å². The van der Waals surface area contributed by atoms with Crippen LogP contribution in [0.25, 0.3) is 10.6 Å². The van der Waals surface area contributed by atoms with Gasteiger partial charge in [-0.1, -0.05) is 12.1 Å². The maximum atomic E-state index is 13.2. The molecule has 0 bridgehead atoms. The molecule has 2 N–H and O–H groups in total. The molecule has 4 heteroatoms. The molecule has 2 nitrogen and oxygen atoms in total. The van der Waals surface area contributed by atoms with Gasteiger partial charge in [-0.3, -0.25) is 0 Å². The van der Waals surface area contributed by atoms with Gasteiger partial charge >= 0.3 is 0 Å². The normalized spacial score (nSPS) is 10.4. The molecule has 1 aromatic heterocycles. The van der Waals surface area contributed by atoms with Crippen LogP contribution >= 0.6 is 11.3 Å². The van der Waals surface area contributed by atoms with Crippen LogP contribution in [0.3, 0.4) is 0 Å². The molecule has 0 amide bonds. The number of rotatable bonds is 1. The van der Waals surface area contributed by atoms with E-state index in [1.54, 1.807) is 18.4 Å². The van der Waals surface area contributed by atoms with Crippen molar-refractivity contribution >= 4 is 17.2 Å². The standard InChI is InChI=1S/C10H9FN2S/c1-6-2-3-7(4-8(6)11)10-13-9(12)5-14-10/h2-5H,12H2,1H3. The van der Waals surface area contributed by atoms with Crippen LogP contribution in [0.5, 0.6) is 0 Å². The lowest BCUT2D eigenvalue weighted by Gasteiger charge is -1.98. The third kappa shape index (κ3) is 1.61. The molecule has 72 valence electrons. The molecule has 0 radical (unpaired) electrons. The second-order valence-electron chi connectivity index (χ2n) is 3.04. The molecule has 0 aliphatic carbocycles. The van der Waals surface area contributed by atoms with E-state index in [2.05, 4.69) is 4.98 Å². The average molecular weight is 208 g/mol. The molecule has 0 aliphatic rings. The van der Waals surface area contributed by atoms with Gasteiger partial charge in [0.1, 0.15) is 16.6 Å². The maximum absolute atomic E-state index is 13.2. The van der Waals surface area contributed by atoms with Gasteiger partial charge in [0.25, 0.3) is 0 Å². The number of halogens is 1. The van der Waals surface area contributed by atoms with Crippen molar-refractivity contribution in [3.8, 4) is 10.6 Å². The van der Waals surface area contributed by atoms with Gasteiger partial charge in [0.2, 0.25) is 0 Å². The summed E-state index contributed by atoms with van der Waals surface area (Å²) in [5.74, 6) is 0.266. The van der Waals surface area contributed by atoms with Gasteiger partial charge in [0, 0.05) is 10.9 Å². The number of nitrogen functional groups attached to an aromatic ring is 1. The Bertz CT molecular complexity index is 465. The summed E-state index contributed by atoms with van der Waals surface area (Å²) in [5.41, 5.74) is 6.90. The summed E-state index contributed by atoms with van der Waals surface area (Å²) in [4.78, 5) is 4.08. The van der Waals surface area contributed by atoms with Crippen LogP contribution in [-0.4, -0.2) is 4.98 Å². The lowest BCUT2D eigenvalue weighted by Crippen LogP contribution is -1.86. The van der Waals surface area contributed by atoms with Crippen LogP contribution < -0.4 is 5.73 Å². The van der Waals surface area contributed by atoms with Crippen LogP contribution in [0.4, 0.5) is 10.2 Å². The highest BCUT2D eigenvalue weighted by Gasteiger charge is 2.05. The fourth-order valence-electron chi connectivity index (χ4n) is 1.14. The van der Waals surface area contributed by atoms with Crippen LogP contribution in [-0.2, 0) is 0 Å². The fraction of sp³-hybridized carbons (Fsp3) is 0.100. The van der Waals surface area contributed by atoms with Crippen molar-refractivity contribution in [1.29, 1.82) is 0 Å². The van der Waals surface area contributed by atoms with E-state index in [9.17, 15) is 4.39 Å². The second kappa shape index (κ2) is 3.38. The monoisotopic (exact) mass is 208 g/mol. The Morgan fingerprint density at radius 1 is 1.43 bits per heavy atom. The van der Waals surface area contributed by atoms with E-state index in [0.29, 0.717) is 11.4 Å².